The van der Waals surface area contributed by atoms with Gasteiger partial charge in [-0.05, 0) is 44.5 Å². The molecule has 0 radical (unpaired) electrons. The molecule has 0 atom stereocenters. The van der Waals surface area contributed by atoms with Crippen LogP contribution >= 0.6 is 0 Å². The second-order valence-corrected chi connectivity index (χ2v) is 9.42. The van der Waals surface area contributed by atoms with Crippen LogP contribution in [0.4, 0.5) is 0 Å². The SMILES string of the molecule is BC(B)(c1ccccc1OC/C=C(\C)CCC(=O)O)n1c(C)cnc1-c1ccc(-c2ccco2)cc1. The van der Waals surface area contributed by atoms with E-state index in [1.54, 1.807) is 6.26 Å². The predicted molar refractivity (Wildman–Crippen MR) is 147 cm³/mol. The van der Waals surface area contributed by atoms with Crippen molar-refractivity contribution < 1.29 is 19.1 Å². The highest BCUT2D eigenvalue weighted by molar-refractivity contribution is 6.40. The monoisotopic (exact) mass is 480 g/mol. The zero-order valence-electron chi connectivity index (χ0n) is 21.2. The van der Waals surface area contributed by atoms with Gasteiger partial charge in [-0.25, -0.2) is 4.98 Å². The highest BCUT2D eigenvalue weighted by atomic mass is 16.5. The lowest BCUT2D eigenvalue weighted by atomic mass is 9.57. The molecule has 0 fully saturated rings. The smallest absolute Gasteiger partial charge is 0.303 e. The van der Waals surface area contributed by atoms with Gasteiger partial charge in [0.15, 0.2) is 0 Å². The van der Waals surface area contributed by atoms with Gasteiger partial charge in [0.25, 0.3) is 0 Å². The van der Waals surface area contributed by atoms with Crippen LogP contribution in [-0.4, -0.2) is 42.9 Å². The summed E-state index contributed by atoms with van der Waals surface area (Å²) in [5.74, 6) is 1.71. The number of aromatic nitrogens is 2. The van der Waals surface area contributed by atoms with E-state index in [1.807, 2.05) is 61.7 Å². The number of aliphatic carboxylic acids is 1. The zero-order chi connectivity index (χ0) is 25.7. The molecule has 0 spiro atoms. The Labute approximate surface area is 213 Å². The summed E-state index contributed by atoms with van der Waals surface area (Å²) < 4.78 is 13.9. The number of allylic oxidation sites excluding steroid dienone is 1. The van der Waals surface area contributed by atoms with Gasteiger partial charge < -0.3 is 18.8 Å². The van der Waals surface area contributed by atoms with Gasteiger partial charge >= 0.3 is 5.97 Å². The molecule has 4 aromatic rings. The molecular formula is C28H30B2N2O4. The summed E-state index contributed by atoms with van der Waals surface area (Å²) in [5, 5.41) is 8.45. The van der Waals surface area contributed by atoms with E-state index in [1.165, 1.54) is 0 Å². The summed E-state index contributed by atoms with van der Waals surface area (Å²) >= 11 is 0. The number of nitrogens with zero attached hydrogens (tertiary/aromatic N) is 2. The van der Waals surface area contributed by atoms with Gasteiger partial charge in [-0.2, -0.15) is 0 Å². The van der Waals surface area contributed by atoms with Gasteiger partial charge in [-0.3, -0.25) is 4.79 Å². The third kappa shape index (κ3) is 5.48. The molecule has 8 heteroatoms. The lowest BCUT2D eigenvalue weighted by Crippen LogP contribution is -2.37. The minimum atomic E-state index is -0.794. The molecule has 2 heterocycles. The number of ether oxygens (including phenoxy) is 1. The maximum Gasteiger partial charge on any atom is 0.303 e. The van der Waals surface area contributed by atoms with Crippen molar-refractivity contribution in [2.75, 3.05) is 6.61 Å². The number of imidazole rings is 1. The van der Waals surface area contributed by atoms with E-state index >= 15 is 0 Å². The normalized spacial score (nSPS) is 12.0. The Balaban J connectivity index is 1.61. The first-order valence-electron chi connectivity index (χ1n) is 12.1. The quantitative estimate of drug-likeness (QED) is 0.272. The largest absolute Gasteiger partial charge is 0.489 e. The van der Waals surface area contributed by atoms with Gasteiger partial charge in [0.2, 0.25) is 0 Å². The second-order valence-electron chi connectivity index (χ2n) is 9.42. The summed E-state index contributed by atoms with van der Waals surface area (Å²) in [6.45, 7) is 4.37. The van der Waals surface area contributed by atoms with Crippen molar-refractivity contribution in [3.05, 3.63) is 96.0 Å². The summed E-state index contributed by atoms with van der Waals surface area (Å²) in [5.41, 5.74) is 5.12. The molecule has 4 rings (SSSR count). The van der Waals surface area contributed by atoms with Crippen LogP contribution in [0.2, 0.25) is 0 Å². The molecule has 0 saturated carbocycles. The molecule has 6 nitrogen and oxygen atoms in total. The third-order valence-corrected chi connectivity index (χ3v) is 6.40. The average molecular weight is 480 g/mol. The average Bonchev–Trinajstić information content (AvgIpc) is 3.53. The van der Waals surface area contributed by atoms with Crippen molar-refractivity contribution in [2.45, 2.75) is 32.0 Å². The predicted octanol–water partition coefficient (Wildman–Crippen LogP) is 4.23. The van der Waals surface area contributed by atoms with E-state index in [0.717, 1.165) is 45.3 Å². The summed E-state index contributed by atoms with van der Waals surface area (Å²) in [6.07, 6.45) is 6.16. The fourth-order valence-corrected chi connectivity index (χ4v) is 4.47. The first kappa shape index (κ1) is 25.2. The maximum atomic E-state index is 10.8. The van der Waals surface area contributed by atoms with E-state index < -0.39 is 11.3 Å². The van der Waals surface area contributed by atoms with Gasteiger partial charge in [0, 0.05) is 40.3 Å². The van der Waals surface area contributed by atoms with Crippen LogP contribution in [0.5, 0.6) is 5.75 Å². The molecule has 0 aliphatic rings. The minimum absolute atomic E-state index is 0.122. The van der Waals surface area contributed by atoms with Crippen LogP contribution in [-0.2, 0) is 10.1 Å². The number of carbonyl (C=O) groups is 1. The van der Waals surface area contributed by atoms with E-state index in [9.17, 15) is 4.79 Å². The fourth-order valence-electron chi connectivity index (χ4n) is 4.47. The van der Waals surface area contributed by atoms with Crippen LogP contribution in [0.1, 0.15) is 31.0 Å². The highest BCUT2D eigenvalue weighted by Crippen LogP contribution is 2.34. The topological polar surface area (TPSA) is 77.5 Å². The van der Waals surface area contributed by atoms with Crippen molar-refractivity contribution in [2.24, 2.45) is 0 Å². The number of carboxylic acid groups (broad SMARTS) is 1. The molecule has 0 saturated heterocycles. The van der Waals surface area contributed by atoms with E-state index in [2.05, 4.69) is 45.4 Å². The molecule has 182 valence electrons. The number of aryl methyl sites for hydroxylation is 1. The molecule has 0 aliphatic heterocycles. The second kappa shape index (κ2) is 10.8. The maximum absolute atomic E-state index is 10.8. The standard InChI is InChI=1S/C28H30B2N2O4/c1-19(9-14-26(33)34)15-17-36-25-7-4-3-6-23(25)28(29,30)32-20(2)18-31-27(32)22-12-10-21(11-13-22)24-8-5-16-35-24/h3-8,10-13,15-16,18H,9,14,17,29-30H2,1-2H3,(H,33,34)/b19-15+. The van der Waals surface area contributed by atoms with Crippen LogP contribution in [0.25, 0.3) is 22.7 Å². The van der Waals surface area contributed by atoms with E-state index in [4.69, 9.17) is 19.2 Å². The number of furan rings is 1. The minimum Gasteiger partial charge on any atom is -0.489 e. The van der Waals surface area contributed by atoms with E-state index in [-0.39, 0.29) is 6.42 Å². The molecule has 2 aromatic carbocycles. The molecule has 0 aliphatic carbocycles. The number of hydrogen-bond acceptors (Lipinski definition) is 4. The number of hydrogen-bond donors (Lipinski definition) is 1. The van der Waals surface area contributed by atoms with Gasteiger partial charge in [0.05, 0.1) is 6.26 Å². The molecule has 36 heavy (non-hydrogen) atoms. The summed E-state index contributed by atoms with van der Waals surface area (Å²) in [7, 11) is 4.33. The molecule has 1 N–H and O–H groups in total. The molecule has 2 aromatic heterocycles. The molecule has 0 amide bonds. The Morgan fingerprint density at radius 3 is 2.50 bits per heavy atom. The first-order chi connectivity index (χ1) is 17.3. The van der Waals surface area contributed by atoms with Crippen LogP contribution in [0.15, 0.2) is 89.2 Å². The van der Waals surface area contributed by atoms with Crippen molar-refractivity contribution in [3.63, 3.8) is 0 Å². The molecular weight excluding hydrogens is 450 g/mol. The molecule has 0 bridgehead atoms. The van der Waals surface area contributed by atoms with Crippen molar-refractivity contribution in [1.82, 2.24) is 9.55 Å². The van der Waals surface area contributed by atoms with Crippen LogP contribution in [0, 0.1) is 6.92 Å². The van der Waals surface area contributed by atoms with Crippen molar-refractivity contribution >= 4 is 21.7 Å². The third-order valence-electron chi connectivity index (χ3n) is 6.40. The zero-order valence-corrected chi connectivity index (χ0v) is 21.2. The van der Waals surface area contributed by atoms with E-state index in [0.29, 0.717) is 13.0 Å². The van der Waals surface area contributed by atoms with Crippen LogP contribution in [0.3, 0.4) is 0 Å². The number of benzene rings is 2. The van der Waals surface area contributed by atoms with Gasteiger partial charge in [0.1, 0.15) is 39.6 Å². The summed E-state index contributed by atoms with van der Waals surface area (Å²) in [4.78, 5) is 15.6. The Morgan fingerprint density at radius 2 is 1.81 bits per heavy atom. The van der Waals surface area contributed by atoms with Crippen molar-refractivity contribution in [3.8, 4) is 28.5 Å². The van der Waals surface area contributed by atoms with Gasteiger partial charge in [-0.1, -0.05) is 48.0 Å². The van der Waals surface area contributed by atoms with Crippen molar-refractivity contribution in [1.29, 1.82) is 0 Å². The lowest BCUT2D eigenvalue weighted by molar-refractivity contribution is -0.136. The Hall–Kier alpha value is -3.93. The van der Waals surface area contributed by atoms with Crippen LogP contribution < -0.4 is 4.74 Å². The molecule has 0 unspecified atom stereocenters. The Morgan fingerprint density at radius 1 is 1.08 bits per heavy atom. The Kier molecular flexibility index (Phi) is 7.53. The Bertz CT molecular complexity index is 1360. The first-order valence-corrected chi connectivity index (χ1v) is 12.1. The number of para-hydroxylation sites is 1. The van der Waals surface area contributed by atoms with Gasteiger partial charge in [-0.15, -0.1) is 0 Å². The lowest BCUT2D eigenvalue weighted by Gasteiger charge is -2.32. The summed E-state index contributed by atoms with van der Waals surface area (Å²) in [6, 6.07) is 20.1. The number of rotatable bonds is 10. The number of carboxylic acids is 1. The fraction of sp³-hybridized carbons (Fsp3) is 0.214. The highest BCUT2D eigenvalue weighted by Gasteiger charge is 2.30.